The molecular formula is C17H19NO3. The fourth-order valence-corrected chi connectivity index (χ4v) is 2.09. The largest absolute Gasteiger partial charge is 0.493 e. The van der Waals surface area contributed by atoms with Crippen molar-refractivity contribution in [2.75, 3.05) is 6.61 Å². The van der Waals surface area contributed by atoms with Crippen LogP contribution < -0.4 is 10.5 Å². The van der Waals surface area contributed by atoms with Crippen molar-refractivity contribution in [1.29, 1.82) is 0 Å². The molecule has 0 radical (unpaired) electrons. The Morgan fingerprint density at radius 3 is 2.62 bits per heavy atom. The summed E-state index contributed by atoms with van der Waals surface area (Å²) in [6, 6.07) is 12.9. The fraction of sp³-hybridized carbons (Fsp3) is 0.235. The summed E-state index contributed by atoms with van der Waals surface area (Å²) in [5.74, 6) is -0.00678. The predicted molar refractivity (Wildman–Crippen MR) is 82.1 cm³/mol. The van der Waals surface area contributed by atoms with E-state index in [1.165, 1.54) is 0 Å². The number of rotatable bonds is 6. The maximum atomic E-state index is 11.6. The summed E-state index contributed by atoms with van der Waals surface area (Å²) >= 11 is 0. The first-order valence-corrected chi connectivity index (χ1v) is 6.92. The van der Waals surface area contributed by atoms with Crippen molar-refractivity contribution < 1.29 is 14.6 Å². The molecule has 0 spiro atoms. The van der Waals surface area contributed by atoms with E-state index >= 15 is 0 Å². The number of hydrogen-bond acceptors (Lipinski definition) is 3. The Morgan fingerprint density at radius 1 is 1.19 bits per heavy atom. The number of primary amides is 1. The van der Waals surface area contributed by atoms with Crippen molar-refractivity contribution in [3.8, 4) is 16.9 Å². The molecule has 0 aromatic heterocycles. The lowest BCUT2D eigenvalue weighted by Gasteiger charge is -2.11. The molecule has 0 aliphatic heterocycles. The maximum Gasteiger partial charge on any atom is 0.252 e. The van der Waals surface area contributed by atoms with Crippen molar-refractivity contribution in [2.24, 2.45) is 5.73 Å². The van der Waals surface area contributed by atoms with Crippen molar-refractivity contribution >= 4 is 5.91 Å². The minimum Gasteiger partial charge on any atom is -0.493 e. The number of benzene rings is 2. The molecule has 0 aliphatic carbocycles. The number of carbonyl (C=O) groups is 1. The number of carbonyl (C=O) groups excluding carboxylic acids is 1. The Bertz CT molecular complexity index is 638. The zero-order valence-corrected chi connectivity index (χ0v) is 12.0. The van der Waals surface area contributed by atoms with Crippen LogP contribution in [0, 0.1) is 0 Å². The SMILES string of the molecule is CCCOc1ccc(-c2cccc(CO)c2)cc1C(N)=O. The van der Waals surface area contributed by atoms with Gasteiger partial charge < -0.3 is 15.6 Å². The molecule has 0 saturated heterocycles. The predicted octanol–water partition coefficient (Wildman–Crippen LogP) is 2.73. The third kappa shape index (κ3) is 3.61. The summed E-state index contributed by atoms with van der Waals surface area (Å²) in [6.07, 6.45) is 0.860. The van der Waals surface area contributed by atoms with Gasteiger partial charge in [-0.2, -0.15) is 0 Å². The molecule has 21 heavy (non-hydrogen) atoms. The van der Waals surface area contributed by atoms with Crippen LogP contribution in [0.1, 0.15) is 29.3 Å². The smallest absolute Gasteiger partial charge is 0.252 e. The van der Waals surface area contributed by atoms with Gasteiger partial charge in [-0.3, -0.25) is 4.79 Å². The van der Waals surface area contributed by atoms with Gasteiger partial charge in [0.05, 0.1) is 18.8 Å². The third-order valence-electron chi connectivity index (χ3n) is 3.15. The molecule has 4 nitrogen and oxygen atoms in total. The minimum absolute atomic E-state index is 0.0196. The second-order valence-electron chi connectivity index (χ2n) is 4.78. The van der Waals surface area contributed by atoms with Crippen LogP contribution in [-0.4, -0.2) is 17.6 Å². The summed E-state index contributed by atoms with van der Waals surface area (Å²) in [5, 5.41) is 9.20. The average molecular weight is 285 g/mol. The Hall–Kier alpha value is -2.33. The van der Waals surface area contributed by atoms with E-state index in [4.69, 9.17) is 10.5 Å². The van der Waals surface area contributed by atoms with Crippen LogP contribution in [-0.2, 0) is 6.61 Å². The molecule has 0 saturated carbocycles. The molecule has 2 aromatic carbocycles. The summed E-state index contributed by atoms with van der Waals surface area (Å²) in [7, 11) is 0. The normalized spacial score (nSPS) is 10.4. The van der Waals surface area contributed by atoms with Gasteiger partial charge in [-0.1, -0.05) is 31.2 Å². The van der Waals surface area contributed by atoms with Gasteiger partial charge in [0, 0.05) is 0 Å². The highest BCUT2D eigenvalue weighted by Crippen LogP contribution is 2.27. The minimum atomic E-state index is -0.513. The van der Waals surface area contributed by atoms with Crippen molar-refractivity contribution in [3.05, 3.63) is 53.6 Å². The number of aliphatic hydroxyl groups is 1. The molecule has 0 aliphatic rings. The second-order valence-corrected chi connectivity index (χ2v) is 4.78. The van der Waals surface area contributed by atoms with E-state index in [0.29, 0.717) is 17.9 Å². The van der Waals surface area contributed by atoms with Gasteiger partial charge in [-0.25, -0.2) is 0 Å². The van der Waals surface area contributed by atoms with Crippen LogP contribution in [0.3, 0.4) is 0 Å². The monoisotopic (exact) mass is 285 g/mol. The highest BCUT2D eigenvalue weighted by Gasteiger charge is 2.11. The molecule has 1 amide bonds. The number of nitrogens with two attached hydrogens (primary N) is 1. The second kappa shape index (κ2) is 6.90. The molecule has 0 unspecified atom stereocenters. The molecule has 0 atom stereocenters. The number of hydrogen-bond donors (Lipinski definition) is 2. The standard InChI is InChI=1S/C17H19NO3/c1-2-8-21-16-7-6-14(10-15(16)17(18)20)13-5-3-4-12(9-13)11-19/h3-7,9-10,19H,2,8,11H2,1H3,(H2,18,20). The number of amides is 1. The molecular weight excluding hydrogens is 266 g/mol. The van der Waals surface area contributed by atoms with Crippen LogP contribution in [0.5, 0.6) is 5.75 Å². The highest BCUT2D eigenvalue weighted by molar-refractivity contribution is 5.97. The van der Waals surface area contributed by atoms with Crippen LogP contribution in [0.25, 0.3) is 11.1 Å². The van der Waals surface area contributed by atoms with Gasteiger partial charge in [-0.05, 0) is 41.3 Å². The summed E-state index contributed by atoms with van der Waals surface area (Å²) in [6.45, 7) is 2.52. The summed E-state index contributed by atoms with van der Waals surface area (Å²) < 4.78 is 5.54. The Kier molecular flexibility index (Phi) is 4.95. The zero-order valence-electron chi connectivity index (χ0n) is 12.0. The van der Waals surface area contributed by atoms with E-state index < -0.39 is 5.91 Å². The van der Waals surface area contributed by atoms with Crippen LogP contribution in [0.2, 0.25) is 0 Å². The van der Waals surface area contributed by atoms with E-state index in [2.05, 4.69) is 0 Å². The quantitative estimate of drug-likeness (QED) is 0.857. The lowest BCUT2D eigenvalue weighted by molar-refractivity contribution is 0.0996. The van der Waals surface area contributed by atoms with Gasteiger partial charge in [0.15, 0.2) is 0 Å². The molecule has 0 bridgehead atoms. The van der Waals surface area contributed by atoms with E-state index in [1.807, 2.05) is 37.3 Å². The van der Waals surface area contributed by atoms with Gasteiger partial charge in [0.25, 0.3) is 5.91 Å². The first-order chi connectivity index (χ1) is 10.2. The molecule has 2 aromatic rings. The average Bonchev–Trinajstić information content (AvgIpc) is 2.52. The van der Waals surface area contributed by atoms with Gasteiger partial charge in [0.2, 0.25) is 0 Å². The van der Waals surface area contributed by atoms with Gasteiger partial charge in [-0.15, -0.1) is 0 Å². The lowest BCUT2D eigenvalue weighted by Crippen LogP contribution is -2.13. The van der Waals surface area contributed by atoms with Crippen LogP contribution in [0.15, 0.2) is 42.5 Å². The van der Waals surface area contributed by atoms with Crippen molar-refractivity contribution in [2.45, 2.75) is 20.0 Å². The fourth-order valence-electron chi connectivity index (χ4n) is 2.09. The Morgan fingerprint density at radius 2 is 1.95 bits per heavy atom. The molecule has 2 rings (SSSR count). The topological polar surface area (TPSA) is 72.6 Å². The van der Waals surface area contributed by atoms with E-state index in [1.54, 1.807) is 12.1 Å². The maximum absolute atomic E-state index is 11.6. The summed E-state index contributed by atoms with van der Waals surface area (Å²) in [4.78, 5) is 11.6. The van der Waals surface area contributed by atoms with Crippen LogP contribution in [0.4, 0.5) is 0 Å². The zero-order chi connectivity index (χ0) is 15.2. The van der Waals surface area contributed by atoms with E-state index in [9.17, 15) is 9.90 Å². The molecule has 3 N–H and O–H groups in total. The van der Waals surface area contributed by atoms with Crippen molar-refractivity contribution in [1.82, 2.24) is 0 Å². The molecule has 0 heterocycles. The van der Waals surface area contributed by atoms with Crippen LogP contribution >= 0.6 is 0 Å². The van der Waals surface area contributed by atoms with Gasteiger partial charge >= 0.3 is 0 Å². The molecule has 0 fully saturated rings. The Balaban J connectivity index is 2.41. The number of aliphatic hydroxyl groups excluding tert-OH is 1. The van der Waals surface area contributed by atoms with E-state index in [0.717, 1.165) is 23.1 Å². The highest BCUT2D eigenvalue weighted by atomic mass is 16.5. The first-order valence-electron chi connectivity index (χ1n) is 6.92. The molecule has 4 heteroatoms. The summed E-state index contributed by atoms with van der Waals surface area (Å²) in [5.41, 5.74) is 8.41. The number of ether oxygens (including phenoxy) is 1. The first kappa shape index (κ1) is 15.1. The molecule has 110 valence electrons. The van der Waals surface area contributed by atoms with Gasteiger partial charge in [0.1, 0.15) is 5.75 Å². The third-order valence-corrected chi connectivity index (χ3v) is 3.15. The Labute approximate surface area is 124 Å². The lowest BCUT2D eigenvalue weighted by atomic mass is 10.0. The van der Waals surface area contributed by atoms with E-state index in [-0.39, 0.29) is 6.61 Å². The van der Waals surface area contributed by atoms with Crippen molar-refractivity contribution in [3.63, 3.8) is 0 Å².